The Morgan fingerprint density at radius 2 is 1.47 bits per heavy atom. The lowest BCUT2D eigenvalue weighted by atomic mass is 9.83. The fourth-order valence-corrected chi connectivity index (χ4v) is 5.19. The summed E-state index contributed by atoms with van der Waals surface area (Å²) in [4.78, 5) is 19.2. The van der Waals surface area contributed by atoms with Crippen molar-refractivity contribution in [3.05, 3.63) is 132 Å². The van der Waals surface area contributed by atoms with Crippen LogP contribution in [0.15, 0.2) is 120 Å². The largest absolute Gasteiger partial charge is 0.494 e. The van der Waals surface area contributed by atoms with Gasteiger partial charge in [-0.05, 0) is 46.5 Å². The number of aliphatic hydroxyl groups is 3. The number of hydrogen-bond donors (Lipinski definition) is 4. The first kappa shape index (κ1) is 31.7. The number of aliphatic hydroxyl groups excluding tert-OH is 3. The van der Waals surface area contributed by atoms with Crippen LogP contribution in [0.4, 0.5) is 0 Å². The molecule has 8 nitrogen and oxygen atoms in total. The topological polar surface area (TPSA) is 121 Å². The van der Waals surface area contributed by atoms with Crippen LogP contribution < -0.4 is 10.1 Å². The van der Waals surface area contributed by atoms with E-state index in [1.165, 1.54) is 0 Å². The second-order valence-electron chi connectivity index (χ2n) is 10.8. The van der Waals surface area contributed by atoms with E-state index < -0.39 is 36.8 Å². The second kappa shape index (κ2) is 15.3. The molecule has 0 bridgehead atoms. The van der Waals surface area contributed by atoms with Crippen LogP contribution in [0, 0.1) is 0 Å². The van der Waals surface area contributed by atoms with Gasteiger partial charge < -0.3 is 30.1 Å². The zero-order valence-corrected chi connectivity index (χ0v) is 25.0. The SMILES string of the molecule is O=C(NC(CO)CO)[C@]1(C/C=C/c2ccccc2)N=C(c2ccc(OCCCO)cc2)O[C@@H]1c1ccc(-c2ccccc2)cc1. The Balaban J connectivity index is 1.55. The standard InChI is InChI=1S/C37H38N2O6/c40-23-8-24-44-33-20-18-31(19-21-33)35-39-37(36(43)38-32(25-41)26-42,22-7-11-27-9-3-1-4-10-27)34(45-35)30-16-14-29(15-17-30)28-12-5-2-6-13-28/h1-7,9-21,32,34,40-42H,8,22-26H2,(H,38,43)/b11-7+/t34-,37-/m1/s1. The molecule has 0 aliphatic carbocycles. The molecule has 0 fully saturated rings. The zero-order valence-electron chi connectivity index (χ0n) is 25.0. The van der Waals surface area contributed by atoms with Gasteiger partial charge in [-0.15, -0.1) is 0 Å². The summed E-state index contributed by atoms with van der Waals surface area (Å²) in [5, 5.41) is 31.4. The molecule has 5 rings (SSSR count). The van der Waals surface area contributed by atoms with Crippen LogP contribution in [-0.4, -0.2) is 65.1 Å². The van der Waals surface area contributed by atoms with Gasteiger partial charge in [-0.25, -0.2) is 4.99 Å². The maximum Gasteiger partial charge on any atom is 0.253 e. The summed E-state index contributed by atoms with van der Waals surface area (Å²) in [5.74, 6) is 0.466. The molecule has 232 valence electrons. The van der Waals surface area contributed by atoms with Crippen LogP contribution in [0.25, 0.3) is 17.2 Å². The number of amides is 1. The predicted molar refractivity (Wildman–Crippen MR) is 175 cm³/mol. The van der Waals surface area contributed by atoms with Gasteiger partial charge in [0.1, 0.15) is 5.75 Å². The first-order valence-electron chi connectivity index (χ1n) is 15.1. The van der Waals surface area contributed by atoms with Gasteiger partial charge in [0, 0.05) is 25.0 Å². The van der Waals surface area contributed by atoms with Crippen molar-refractivity contribution in [3.8, 4) is 16.9 Å². The van der Waals surface area contributed by atoms with Gasteiger partial charge >= 0.3 is 0 Å². The molecule has 0 aromatic heterocycles. The quantitative estimate of drug-likeness (QED) is 0.151. The average molecular weight is 607 g/mol. The number of benzene rings is 4. The maximum absolute atomic E-state index is 14.2. The van der Waals surface area contributed by atoms with E-state index >= 15 is 0 Å². The smallest absolute Gasteiger partial charge is 0.253 e. The molecule has 4 aromatic rings. The summed E-state index contributed by atoms with van der Waals surface area (Å²) in [5.41, 5.74) is 3.03. The van der Waals surface area contributed by atoms with Crippen molar-refractivity contribution in [1.82, 2.24) is 5.32 Å². The van der Waals surface area contributed by atoms with E-state index in [1.807, 2.05) is 109 Å². The molecule has 2 atom stereocenters. The van der Waals surface area contributed by atoms with Crippen molar-refractivity contribution in [2.45, 2.75) is 30.5 Å². The molecule has 4 aromatic carbocycles. The second-order valence-corrected chi connectivity index (χ2v) is 10.8. The molecule has 1 aliphatic rings. The van der Waals surface area contributed by atoms with Crippen LogP contribution >= 0.6 is 0 Å². The van der Waals surface area contributed by atoms with Crippen LogP contribution in [-0.2, 0) is 9.53 Å². The normalized spacial score (nSPS) is 17.7. The highest BCUT2D eigenvalue weighted by Crippen LogP contribution is 2.43. The van der Waals surface area contributed by atoms with E-state index in [2.05, 4.69) is 5.32 Å². The highest BCUT2D eigenvalue weighted by Gasteiger charge is 2.53. The van der Waals surface area contributed by atoms with E-state index in [-0.39, 0.29) is 13.0 Å². The third kappa shape index (κ3) is 7.67. The number of rotatable bonds is 14. The molecule has 0 unspecified atom stereocenters. The van der Waals surface area contributed by atoms with Crippen molar-refractivity contribution in [3.63, 3.8) is 0 Å². The molecule has 1 heterocycles. The summed E-state index contributed by atoms with van der Waals surface area (Å²) in [6, 6.07) is 34.1. The van der Waals surface area contributed by atoms with Crippen LogP contribution in [0.5, 0.6) is 5.75 Å². The highest BCUT2D eigenvalue weighted by molar-refractivity contribution is 6.01. The van der Waals surface area contributed by atoms with Crippen molar-refractivity contribution in [2.24, 2.45) is 4.99 Å². The van der Waals surface area contributed by atoms with E-state index in [4.69, 9.17) is 19.6 Å². The van der Waals surface area contributed by atoms with Crippen molar-refractivity contribution in [1.29, 1.82) is 0 Å². The van der Waals surface area contributed by atoms with Crippen molar-refractivity contribution < 1.29 is 29.6 Å². The average Bonchev–Trinajstić information content (AvgIpc) is 3.49. The molecule has 0 spiro atoms. The minimum atomic E-state index is -1.45. The van der Waals surface area contributed by atoms with Crippen molar-refractivity contribution in [2.75, 3.05) is 26.4 Å². The number of aliphatic imine (C=N–C) groups is 1. The van der Waals surface area contributed by atoms with Gasteiger partial charge in [0.25, 0.3) is 5.91 Å². The first-order valence-corrected chi connectivity index (χ1v) is 15.1. The molecule has 45 heavy (non-hydrogen) atoms. The Morgan fingerprint density at radius 1 is 0.844 bits per heavy atom. The van der Waals surface area contributed by atoms with Gasteiger partial charge in [0.05, 0.1) is 25.9 Å². The third-order valence-corrected chi connectivity index (χ3v) is 7.67. The molecule has 4 N–H and O–H groups in total. The Labute approximate surface area is 263 Å². The number of hydrogen-bond acceptors (Lipinski definition) is 7. The van der Waals surface area contributed by atoms with E-state index in [0.717, 1.165) is 22.3 Å². The fourth-order valence-electron chi connectivity index (χ4n) is 5.19. The number of ether oxygens (including phenoxy) is 2. The molecular weight excluding hydrogens is 568 g/mol. The zero-order chi connectivity index (χ0) is 31.5. The summed E-state index contributed by atoms with van der Waals surface area (Å²) in [7, 11) is 0. The number of nitrogens with zero attached hydrogens (tertiary/aromatic N) is 1. The molecule has 0 saturated carbocycles. The van der Waals surface area contributed by atoms with Crippen LogP contribution in [0.2, 0.25) is 0 Å². The summed E-state index contributed by atoms with van der Waals surface area (Å²) < 4.78 is 12.2. The summed E-state index contributed by atoms with van der Waals surface area (Å²) in [6.07, 6.45) is 3.75. The number of carbonyl (C=O) groups is 1. The summed E-state index contributed by atoms with van der Waals surface area (Å²) in [6.45, 7) is -0.414. The number of carbonyl (C=O) groups excluding carboxylic acids is 1. The molecule has 0 saturated heterocycles. The maximum atomic E-state index is 14.2. The lowest BCUT2D eigenvalue weighted by molar-refractivity contribution is -0.130. The Hall–Kier alpha value is -4.76. The van der Waals surface area contributed by atoms with Gasteiger partial charge in [-0.3, -0.25) is 4.79 Å². The Kier molecular flexibility index (Phi) is 10.8. The Bertz CT molecular complexity index is 1570. The molecule has 1 aliphatic heterocycles. The Morgan fingerprint density at radius 3 is 2.11 bits per heavy atom. The van der Waals surface area contributed by atoms with E-state index in [1.54, 1.807) is 12.1 Å². The summed E-state index contributed by atoms with van der Waals surface area (Å²) >= 11 is 0. The van der Waals surface area contributed by atoms with Crippen molar-refractivity contribution >= 4 is 17.9 Å². The minimum absolute atomic E-state index is 0.0483. The van der Waals surface area contributed by atoms with Crippen LogP contribution in [0.3, 0.4) is 0 Å². The predicted octanol–water partition coefficient (Wildman–Crippen LogP) is 4.94. The van der Waals surface area contributed by atoms with E-state index in [9.17, 15) is 15.0 Å². The highest BCUT2D eigenvalue weighted by atomic mass is 16.5. The minimum Gasteiger partial charge on any atom is -0.494 e. The molecule has 0 radical (unpaired) electrons. The fraction of sp³-hybridized carbons (Fsp3) is 0.243. The van der Waals surface area contributed by atoms with E-state index in [0.29, 0.717) is 30.2 Å². The monoisotopic (exact) mass is 606 g/mol. The third-order valence-electron chi connectivity index (χ3n) is 7.67. The lowest BCUT2D eigenvalue weighted by Crippen LogP contribution is -2.53. The van der Waals surface area contributed by atoms with Gasteiger partial charge in [0.2, 0.25) is 5.90 Å². The van der Waals surface area contributed by atoms with Crippen LogP contribution in [0.1, 0.15) is 35.6 Å². The first-order chi connectivity index (χ1) is 22.1. The van der Waals surface area contributed by atoms with Gasteiger partial charge in [-0.1, -0.05) is 97.1 Å². The molecule has 1 amide bonds. The molecular formula is C37H38N2O6. The van der Waals surface area contributed by atoms with Gasteiger partial charge in [-0.2, -0.15) is 0 Å². The van der Waals surface area contributed by atoms with Gasteiger partial charge in [0.15, 0.2) is 11.6 Å². The lowest BCUT2D eigenvalue weighted by Gasteiger charge is -2.31. The number of nitrogens with one attached hydrogen (secondary N) is 1. The molecule has 8 heteroatoms.